The second kappa shape index (κ2) is 5.92. The summed E-state index contributed by atoms with van der Waals surface area (Å²) < 4.78 is 1.15. The molecule has 0 aliphatic carbocycles. The van der Waals surface area contributed by atoms with Crippen LogP contribution in [0, 0.1) is 0 Å². The zero-order chi connectivity index (χ0) is 10.5. The Kier molecular flexibility index (Phi) is 4.54. The van der Waals surface area contributed by atoms with Gasteiger partial charge in [-0.15, -0.1) is 0 Å². The van der Waals surface area contributed by atoms with Gasteiger partial charge in [0.15, 0.2) is 0 Å². The lowest BCUT2D eigenvalue weighted by molar-refractivity contribution is 0.507. The van der Waals surface area contributed by atoms with Crippen LogP contribution >= 0.6 is 27.7 Å². The Hall–Kier alpha value is 0.01000. The highest BCUT2D eigenvalue weighted by molar-refractivity contribution is 9.10. The van der Waals surface area contributed by atoms with Gasteiger partial charge < -0.3 is 5.32 Å². The van der Waals surface area contributed by atoms with Crippen molar-refractivity contribution in [3.63, 3.8) is 0 Å². The Labute approximate surface area is 104 Å². The first-order valence-corrected chi connectivity index (χ1v) is 7.35. The number of nitrogens with one attached hydrogen (secondary N) is 1. The summed E-state index contributed by atoms with van der Waals surface area (Å²) in [6, 6.07) is 9.27. The van der Waals surface area contributed by atoms with E-state index in [1.54, 1.807) is 0 Å². The van der Waals surface area contributed by atoms with Crippen LogP contribution in [0.5, 0.6) is 0 Å². The normalized spacial score (nSPS) is 21.5. The maximum absolute atomic E-state index is 3.62. The van der Waals surface area contributed by atoms with Gasteiger partial charge in [0.1, 0.15) is 0 Å². The third-order valence-corrected chi connectivity index (χ3v) is 4.41. The van der Waals surface area contributed by atoms with Crippen molar-refractivity contribution in [3.05, 3.63) is 34.3 Å². The van der Waals surface area contributed by atoms with E-state index in [9.17, 15) is 0 Å². The fourth-order valence-corrected chi connectivity index (χ4v) is 3.14. The van der Waals surface area contributed by atoms with Gasteiger partial charge in [-0.3, -0.25) is 0 Å². The minimum absolute atomic E-state index is 0.715. The first-order valence-electron chi connectivity index (χ1n) is 5.40. The van der Waals surface area contributed by atoms with E-state index in [0.29, 0.717) is 6.04 Å². The molecule has 1 aliphatic heterocycles. The highest BCUT2D eigenvalue weighted by Crippen LogP contribution is 2.17. The van der Waals surface area contributed by atoms with Crippen LogP contribution in [0.3, 0.4) is 0 Å². The van der Waals surface area contributed by atoms with Crippen LogP contribution in [-0.4, -0.2) is 17.5 Å². The minimum Gasteiger partial charge on any atom is -0.309 e. The van der Waals surface area contributed by atoms with Crippen LogP contribution in [0.4, 0.5) is 0 Å². The van der Waals surface area contributed by atoms with Gasteiger partial charge in [0.2, 0.25) is 0 Å². The van der Waals surface area contributed by atoms with Crippen LogP contribution < -0.4 is 5.32 Å². The molecule has 0 bridgehead atoms. The van der Waals surface area contributed by atoms with Crippen LogP contribution in [0.25, 0.3) is 0 Å². The molecular weight excluding hydrogens is 270 g/mol. The lowest BCUT2D eigenvalue weighted by Crippen LogP contribution is -2.33. The van der Waals surface area contributed by atoms with E-state index in [1.807, 2.05) is 0 Å². The lowest BCUT2D eigenvalue weighted by atomic mass is 10.1. The Bertz CT molecular complexity index is 293. The average molecular weight is 286 g/mol. The molecule has 0 saturated carbocycles. The summed E-state index contributed by atoms with van der Waals surface area (Å²) in [7, 11) is 0. The number of hydrogen-bond acceptors (Lipinski definition) is 2. The minimum atomic E-state index is 0.715. The van der Waals surface area contributed by atoms with Gasteiger partial charge >= 0.3 is 0 Å². The smallest absolute Gasteiger partial charge is 0.0208 e. The molecule has 0 radical (unpaired) electrons. The van der Waals surface area contributed by atoms with Gasteiger partial charge in [0.05, 0.1) is 0 Å². The Balaban J connectivity index is 1.79. The summed E-state index contributed by atoms with van der Waals surface area (Å²) in [5.74, 6) is 2.62. The number of rotatable bonds is 3. The second-order valence-electron chi connectivity index (χ2n) is 3.92. The number of halogens is 1. The quantitative estimate of drug-likeness (QED) is 0.913. The summed E-state index contributed by atoms with van der Waals surface area (Å²) in [6.45, 7) is 0.999. The Morgan fingerprint density at radius 3 is 2.80 bits per heavy atom. The first kappa shape index (κ1) is 11.5. The standard InChI is InChI=1S/C12H16BrNS/c13-11-5-3-10(4-6-11)8-14-12-2-1-7-15-9-12/h3-6,12,14H,1-2,7-9H2. The molecule has 1 fully saturated rings. The van der Waals surface area contributed by atoms with Crippen molar-refractivity contribution in [2.45, 2.75) is 25.4 Å². The summed E-state index contributed by atoms with van der Waals surface area (Å²) in [6.07, 6.45) is 2.70. The number of hydrogen-bond donors (Lipinski definition) is 1. The third-order valence-electron chi connectivity index (χ3n) is 2.67. The van der Waals surface area contributed by atoms with Gasteiger partial charge in [-0.25, -0.2) is 0 Å². The predicted molar refractivity (Wildman–Crippen MR) is 71.3 cm³/mol. The van der Waals surface area contributed by atoms with Gasteiger partial charge in [-0.1, -0.05) is 28.1 Å². The molecule has 1 aromatic rings. The van der Waals surface area contributed by atoms with Gasteiger partial charge in [0, 0.05) is 22.8 Å². The highest BCUT2D eigenvalue weighted by atomic mass is 79.9. The number of thioether (sulfide) groups is 1. The maximum Gasteiger partial charge on any atom is 0.0208 e. The van der Waals surface area contributed by atoms with E-state index in [2.05, 4.69) is 57.3 Å². The van der Waals surface area contributed by atoms with E-state index in [-0.39, 0.29) is 0 Å². The molecule has 82 valence electrons. The molecule has 0 aromatic heterocycles. The molecule has 15 heavy (non-hydrogen) atoms. The van der Waals surface area contributed by atoms with Crippen molar-refractivity contribution < 1.29 is 0 Å². The molecule has 0 amide bonds. The van der Waals surface area contributed by atoms with Crippen molar-refractivity contribution in [2.24, 2.45) is 0 Å². The SMILES string of the molecule is Brc1ccc(CNC2CCCSC2)cc1. The first-order chi connectivity index (χ1) is 7.34. The monoisotopic (exact) mass is 285 g/mol. The topological polar surface area (TPSA) is 12.0 Å². The van der Waals surface area contributed by atoms with Crippen LogP contribution in [0.15, 0.2) is 28.7 Å². The molecule has 1 aliphatic rings. The van der Waals surface area contributed by atoms with E-state index < -0.39 is 0 Å². The maximum atomic E-state index is 3.62. The van der Waals surface area contributed by atoms with E-state index in [1.165, 1.54) is 29.9 Å². The molecule has 1 atom stereocenters. The zero-order valence-corrected chi connectivity index (χ0v) is 11.1. The van der Waals surface area contributed by atoms with Crippen LogP contribution in [0.2, 0.25) is 0 Å². The van der Waals surface area contributed by atoms with Crippen LogP contribution in [0.1, 0.15) is 18.4 Å². The fraction of sp³-hybridized carbons (Fsp3) is 0.500. The fourth-order valence-electron chi connectivity index (χ4n) is 1.77. The summed E-state index contributed by atoms with van der Waals surface area (Å²) in [5.41, 5.74) is 1.37. The van der Waals surface area contributed by atoms with Gasteiger partial charge in [-0.05, 0) is 36.3 Å². The third kappa shape index (κ3) is 3.82. The molecule has 0 spiro atoms. The molecule has 1 unspecified atom stereocenters. The molecule has 1 aromatic carbocycles. The highest BCUT2D eigenvalue weighted by Gasteiger charge is 2.12. The molecule has 1 N–H and O–H groups in total. The van der Waals surface area contributed by atoms with Crippen molar-refractivity contribution in [3.8, 4) is 0 Å². The molecule has 1 nitrogen and oxygen atoms in total. The summed E-state index contributed by atoms with van der Waals surface area (Å²) in [5, 5.41) is 3.62. The molecule has 3 heteroatoms. The Morgan fingerprint density at radius 1 is 1.33 bits per heavy atom. The lowest BCUT2D eigenvalue weighted by Gasteiger charge is -2.22. The molecule has 1 heterocycles. The molecule has 2 rings (SSSR count). The summed E-state index contributed by atoms with van der Waals surface area (Å²) >= 11 is 5.52. The van der Waals surface area contributed by atoms with Crippen molar-refractivity contribution in [1.82, 2.24) is 5.32 Å². The van der Waals surface area contributed by atoms with Gasteiger partial charge in [-0.2, -0.15) is 11.8 Å². The molecule has 1 saturated heterocycles. The predicted octanol–water partition coefficient (Wildman–Crippen LogP) is 3.43. The van der Waals surface area contributed by atoms with E-state index in [0.717, 1.165) is 11.0 Å². The zero-order valence-electron chi connectivity index (χ0n) is 8.71. The second-order valence-corrected chi connectivity index (χ2v) is 5.99. The van der Waals surface area contributed by atoms with Crippen molar-refractivity contribution >= 4 is 27.7 Å². The van der Waals surface area contributed by atoms with Gasteiger partial charge in [0.25, 0.3) is 0 Å². The molecular formula is C12H16BrNS. The van der Waals surface area contributed by atoms with E-state index >= 15 is 0 Å². The van der Waals surface area contributed by atoms with Crippen LogP contribution in [-0.2, 0) is 6.54 Å². The largest absolute Gasteiger partial charge is 0.309 e. The van der Waals surface area contributed by atoms with Crippen molar-refractivity contribution in [2.75, 3.05) is 11.5 Å². The van der Waals surface area contributed by atoms with E-state index in [4.69, 9.17) is 0 Å². The average Bonchev–Trinajstić information content (AvgIpc) is 2.30. The Morgan fingerprint density at radius 2 is 2.13 bits per heavy atom. The number of benzene rings is 1. The summed E-state index contributed by atoms with van der Waals surface area (Å²) in [4.78, 5) is 0. The van der Waals surface area contributed by atoms with Crippen molar-refractivity contribution in [1.29, 1.82) is 0 Å².